The Kier molecular flexibility index (Phi) is 3.00. The van der Waals surface area contributed by atoms with Crippen LogP contribution in [-0.4, -0.2) is 36.0 Å². The molecule has 0 N–H and O–H groups in total. The lowest BCUT2D eigenvalue weighted by Gasteiger charge is -2.42. The molecule has 0 aromatic carbocycles. The zero-order valence-electron chi connectivity index (χ0n) is 10.2. The maximum atomic E-state index is 12.7. The van der Waals surface area contributed by atoms with Crippen LogP contribution in [0, 0.1) is 11.3 Å². The Morgan fingerprint density at radius 1 is 1.35 bits per heavy atom. The summed E-state index contributed by atoms with van der Waals surface area (Å²) in [5, 5.41) is 0. The standard InChI is InChI=1S/C12H18F3NO/c1-8(2)16-6-9(7-16)5-10(17)11(3-4-11)12(13,14)15/h8-9H,3-7H2,1-2H3. The van der Waals surface area contributed by atoms with Gasteiger partial charge in [-0.3, -0.25) is 4.79 Å². The predicted molar refractivity (Wildman–Crippen MR) is 57.5 cm³/mol. The highest BCUT2D eigenvalue weighted by Gasteiger charge is 2.67. The Labute approximate surface area is 99.2 Å². The van der Waals surface area contributed by atoms with E-state index in [1.165, 1.54) is 0 Å². The van der Waals surface area contributed by atoms with Gasteiger partial charge in [0.2, 0.25) is 0 Å². The molecule has 2 rings (SSSR count). The number of halogens is 3. The van der Waals surface area contributed by atoms with Gasteiger partial charge in [0.1, 0.15) is 11.2 Å². The largest absolute Gasteiger partial charge is 0.401 e. The number of nitrogens with zero attached hydrogens (tertiary/aromatic N) is 1. The van der Waals surface area contributed by atoms with E-state index in [2.05, 4.69) is 18.7 Å². The molecule has 5 heteroatoms. The van der Waals surface area contributed by atoms with Gasteiger partial charge >= 0.3 is 6.18 Å². The third kappa shape index (κ3) is 2.21. The molecule has 0 radical (unpaired) electrons. The van der Waals surface area contributed by atoms with Gasteiger partial charge in [0, 0.05) is 25.6 Å². The van der Waals surface area contributed by atoms with Crippen molar-refractivity contribution in [2.75, 3.05) is 13.1 Å². The van der Waals surface area contributed by atoms with Gasteiger partial charge < -0.3 is 4.90 Å². The summed E-state index contributed by atoms with van der Waals surface area (Å²) in [6, 6.07) is 0.416. The molecule has 1 aliphatic heterocycles. The van der Waals surface area contributed by atoms with Crippen LogP contribution in [0.5, 0.6) is 0 Å². The molecule has 2 aliphatic rings. The van der Waals surface area contributed by atoms with E-state index in [-0.39, 0.29) is 25.2 Å². The van der Waals surface area contributed by atoms with Crippen molar-refractivity contribution >= 4 is 5.78 Å². The van der Waals surface area contributed by atoms with Crippen molar-refractivity contribution in [3.05, 3.63) is 0 Å². The fraction of sp³-hybridized carbons (Fsp3) is 0.917. The molecule has 98 valence electrons. The number of carbonyl (C=O) groups excluding carboxylic acids is 1. The van der Waals surface area contributed by atoms with Gasteiger partial charge in [0.15, 0.2) is 0 Å². The summed E-state index contributed by atoms with van der Waals surface area (Å²) < 4.78 is 38.1. The maximum Gasteiger partial charge on any atom is 0.401 e. The molecule has 2 nitrogen and oxygen atoms in total. The Hall–Kier alpha value is -0.580. The fourth-order valence-electron chi connectivity index (χ4n) is 2.46. The number of alkyl halides is 3. The minimum absolute atomic E-state index is 0.00402. The normalized spacial score (nSPS) is 24.8. The lowest BCUT2D eigenvalue weighted by Crippen LogP contribution is -2.51. The molecule has 0 aromatic rings. The van der Waals surface area contributed by atoms with Crippen molar-refractivity contribution in [3.8, 4) is 0 Å². The Morgan fingerprint density at radius 2 is 1.88 bits per heavy atom. The molecular weight excluding hydrogens is 231 g/mol. The van der Waals surface area contributed by atoms with Gasteiger partial charge in [0.05, 0.1) is 0 Å². The van der Waals surface area contributed by atoms with Crippen molar-refractivity contribution in [1.29, 1.82) is 0 Å². The first-order valence-electron chi connectivity index (χ1n) is 6.10. The number of rotatable bonds is 4. The molecule has 1 saturated carbocycles. The lowest BCUT2D eigenvalue weighted by atomic mass is 9.87. The summed E-state index contributed by atoms with van der Waals surface area (Å²) >= 11 is 0. The van der Waals surface area contributed by atoms with E-state index in [1.54, 1.807) is 0 Å². The van der Waals surface area contributed by atoms with E-state index in [1.807, 2.05) is 0 Å². The molecule has 0 bridgehead atoms. The fourth-order valence-corrected chi connectivity index (χ4v) is 2.46. The van der Waals surface area contributed by atoms with Crippen LogP contribution in [0.2, 0.25) is 0 Å². The summed E-state index contributed by atoms with van der Waals surface area (Å²) in [5.41, 5.74) is -1.97. The minimum atomic E-state index is -4.34. The molecule has 0 spiro atoms. The summed E-state index contributed by atoms with van der Waals surface area (Å²) in [6.45, 7) is 5.63. The first-order valence-corrected chi connectivity index (χ1v) is 6.10. The molecular formula is C12H18F3NO. The highest BCUT2D eigenvalue weighted by Crippen LogP contribution is 2.59. The van der Waals surface area contributed by atoms with Crippen LogP contribution >= 0.6 is 0 Å². The topological polar surface area (TPSA) is 20.3 Å². The molecule has 0 amide bonds. The summed E-state index contributed by atoms with van der Waals surface area (Å²) in [4.78, 5) is 13.9. The maximum absolute atomic E-state index is 12.7. The van der Waals surface area contributed by atoms with Crippen molar-refractivity contribution in [1.82, 2.24) is 4.90 Å². The second-order valence-electron chi connectivity index (χ2n) is 5.62. The van der Waals surface area contributed by atoms with Gasteiger partial charge in [-0.1, -0.05) is 0 Å². The summed E-state index contributed by atoms with van der Waals surface area (Å²) in [7, 11) is 0. The number of hydrogen-bond donors (Lipinski definition) is 0. The van der Waals surface area contributed by atoms with E-state index < -0.39 is 17.4 Å². The average molecular weight is 249 g/mol. The van der Waals surface area contributed by atoms with Crippen LogP contribution in [0.1, 0.15) is 33.1 Å². The predicted octanol–water partition coefficient (Wildman–Crippen LogP) is 2.63. The van der Waals surface area contributed by atoms with E-state index >= 15 is 0 Å². The van der Waals surface area contributed by atoms with Crippen molar-refractivity contribution in [2.45, 2.75) is 45.3 Å². The molecule has 17 heavy (non-hydrogen) atoms. The molecule has 1 aliphatic carbocycles. The van der Waals surface area contributed by atoms with Crippen molar-refractivity contribution in [2.24, 2.45) is 11.3 Å². The first-order chi connectivity index (χ1) is 7.76. The van der Waals surface area contributed by atoms with E-state index in [0.29, 0.717) is 6.04 Å². The van der Waals surface area contributed by atoms with Crippen LogP contribution in [0.15, 0.2) is 0 Å². The zero-order chi connectivity index (χ0) is 12.8. The number of likely N-dealkylation sites (tertiary alicyclic amines) is 1. The van der Waals surface area contributed by atoms with Crippen LogP contribution in [0.25, 0.3) is 0 Å². The molecule has 1 heterocycles. The molecule has 0 unspecified atom stereocenters. The number of hydrogen-bond acceptors (Lipinski definition) is 2. The van der Waals surface area contributed by atoms with Gasteiger partial charge in [0.25, 0.3) is 0 Å². The number of carbonyl (C=O) groups is 1. The van der Waals surface area contributed by atoms with Crippen LogP contribution in [0.4, 0.5) is 13.2 Å². The quantitative estimate of drug-likeness (QED) is 0.763. The van der Waals surface area contributed by atoms with E-state index in [0.717, 1.165) is 13.1 Å². The third-order valence-electron chi connectivity index (χ3n) is 4.02. The van der Waals surface area contributed by atoms with Gasteiger partial charge in [-0.15, -0.1) is 0 Å². The SMILES string of the molecule is CC(C)N1CC(CC(=O)C2(C(F)(F)F)CC2)C1. The first kappa shape index (κ1) is 12.9. The third-order valence-corrected chi connectivity index (χ3v) is 4.02. The molecule has 0 aromatic heterocycles. The van der Waals surface area contributed by atoms with Crippen molar-refractivity contribution in [3.63, 3.8) is 0 Å². The Balaban J connectivity index is 1.84. The summed E-state index contributed by atoms with van der Waals surface area (Å²) in [6.07, 6.45) is -4.25. The minimum Gasteiger partial charge on any atom is -0.300 e. The van der Waals surface area contributed by atoms with E-state index in [9.17, 15) is 18.0 Å². The van der Waals surface area contributed by atoms with Crippen molar-refractivity contribution < 1.29 is 18.0 Å². The highest BCUT2D eigenvalue weighted by molar-refractivity contribution is 5.88. The van der Waals surface area contributed by atoms with Crippen LogP contribution in [0.3, 0.4) is 0 Å². The van der Waals surface area contributed by atoms with E-state index in [4.69, 9.17) is 0 Å². The lowest BCUT2D eigenvalue weighted by molar-refractivity contribution is -0.192. The highest BCUT2D eigenvalue weighted by atomic mass is 19.4. The Bertz CT molecular complexity index is 314. The monoisotopic (exact) mass is 249 g/mol. The second-order valence-corrected chi connectivity index (χ2v) is 5.62. The smallest absolute Gasteiger partial charge is 0.300 e. The zero-order valence-corrected chi connectivity index (χ0v) is 10.2. The Morgan fingerprint density at radius 3 is 2.24 bits per heavy atom. The number of Topliss-reactive ketones (excluding diaryl/α,β-unsaturated/α-hetero) is 1. The molecule has 1 saturated heterocycles. The second kappa shape index (κ2) is 3.97. The average Bonchev–Trinajstić information content (AvgIpc) is 2.87. The van der Waals surface area contributed by atoms with Gasteiger partial charge in [-0.2, -0.15) is 13.2 Å². The summed E-state index contributed by atoms with van der Waals surface area (Å²) in [5.74, 6) is -0.455. The molecule has 0 atom stereocenters. The number of ketones is 1. The van der Waals surface area contributed by atoms with Crippen LogP contribution in [-0.2, 0) is 4.79 Å². The molecule has 2 fully saturated rings. The van der Waals surface area contributed by atoms with Gasteiger partial charge in [-0.25, -0.2) is 0 Å². The van der Waals surface area contributed by atoms with Gasteiger partial charge in [-0.05, 0) is 32.6 Å². The van der Waals surface area contributed by atoms with Crippen LogP contribution < -0.4 is 0 Å².